The number of nitrogens with zero attached hydrogens (tertiary/aromatic N) is 1. The van der Waals surface area contributed by atoms with Gasteiger partial charge in [0.2, 0.25) is 10.0 Å². The quantitative estimate of drug-likeness (QED) is 0.625. The van der Waals surface area contributed by atoms with Crippen molar-refractivity contribution in [2.45, 2.75) is 37.6 Å². The average Bonchev–Trinajstić information content (AvgIpc) is 3.43. The molecule has 3 rings (SSSR count). The van der Waals surface area contributed by atoms with Gasteiger partial charge in [0.1, 0.15) is 12.4 Å². The van der Waals surface area contributed by atoms with Crippen LogP contribution in [-0.2, 0) is 10.0 Å². The zero-order valence-electron chi connectivity index (χ0n) is 16.7. The highest BCUT2D eigenvalue weighted by Gasteiger charge is 2.29. The van der Waals surface area contributed by atoms with Crippen LogP contribution in [0.15, 0.2) is 45.8 Å². The number of hydrogen-bond donors (Lipinski definition) is 1. The third-order valence-corrected chi connectivity index (χ3v) is 6.82. The first-order valence-corrected chi connectivity index (χ1v) is 11.7. The summed E-state index contributed by atoms with van der Waals surface area (Å²) in [5.74, 6) is 0.494. The summed E-state index contributed by atoms with van der Waals surface area (Å²) in [5.41, 5.74) is 2.54. The molecular formula is C21H25BrN2O4S. The minimum Gasteiger partial charge on any atom is -0.492 e. The van der Waals surface area contributed by atoms with Crippen molar-refractivity contribution in [1.82, 2.24) is 9.62 Å². The molecule has 0 radical (unpaired) electrons. The highest BCUT2D eigenvalue weighted by molar-refractivity contribution is 9.10. The largest absolute Gasteiger partial charge is 0.492 e. The SMILES string of the molecule is Cc1cc(C)cc(OCCN(C)C(=O)c2cc(S(=O)(=O)NC3CC3)ccc2Br)c1. The maximum absolute atomic E-state index is 12.9. The second-order valence-electron chi connectivity index (χ2n) is 7.44. The summed E-state index contributed by atoms with van der Waals surface area (Å²) in [6, 6.07) is 10.5. The molecule has 1 aliphatic carbocycles. The Hall–Kier alpha value is -1.90. The highest BCUT2D eigenvalue weighted by Crippen LogP contribution is 2.25. The van der Waals surface area contributed by atoms with E-state index in [1.807, 2.05) is 26.0 Å². The van der Waals surface area contributed by atoms with E-state index in [0.717, 1.165) is 29.7 Å². The minimum absolute atomic E-state index is 0.00730. The summed E-state index contributed by atoms with van der Waals surface area (Å²) in [6.45, 7) is 4.72. The first kappa shape index (κ1) is 21.8. The minimum atomic E-state index is -3.62. The van der Waals surface area contributed by atoms with Gasteiger partial charge >= 0.3 is 0 Å². The molecule has 1 aliphatic rings. The normalized spacial score (nSPS) is 13.9. The van der Waals surface area contributed by atoms with Gasteiger partial charge in [-0.3, -0.25) is 4.79 Å². The average molecular weight is 481 g/mol. The van der Waals surface area contributed by atoms with Crippen molar-refractivity contribution in [1.29, 1.82) is 0 Å². The maximum Gasteiger partial charge on any atom is 0.254 e. The summed E-state index contributed by atoms with van der Waals surface area (Å²) in [4.78, 5) is 14.5. The Bertz CT molecular complexity index is 999. The highest BCUT2D eigenvalue weighted by atomic mass is 79.9. The number of hydrogen-bond acceptors (Lipinski definition) is 4. The van der Waals surface area contributed by atoms with Crippen LogP contribution in [-0.4, -0.2) is 45.5 Å². The van der Waals surface area contributed by atoms with Gasteiger partial charge in [-0.1, -0.05) is 6.07 Å². The molecule has 1 amide bonds. The third-order valence-electron chi connectivity index (χ3n) is 4.62. The number of likely N-dealkylation sites (N-methyl/N-ethyl adjacent to an activating group) is 1. The molecule has 0 aliphatic heterocycles. The fourth-order valence-corrected chi connectivity index (χ4v) is 4.69. The van der Waals surface area contributed by atoms with Gasteiger partial charge in [0.15, 0.2) is 0 Å². The predicted molar refractivity (Wildman–Crippen MR) is 116 cm³/mol. The number of carbonyl (C=O) groups excluding carboxylic acids is 1. The Balaban J connectivity index is 1.66. The molecular weight excluding hydrogens is 456 g/mol. The molecule has 29 heavy (non-hydrogen) atoms. The van der Waals surface area contributed by atoms with Gasteiger partial charge in [-0.25, -0.2) is 13.1 Å². The molecule has 0 unspecified atom stereocenters. The summed E-state index contributed by atoms with van der Waals surface area (Å²) in [5, 5.41) is 0. The van der Waals surface area contributed by atoms with Crippen molar-refractivity contribution < 1.29 is 17.9 Å². The van der Waals surface area contributed by atoms with Crippen molar-refractivity contribution in [2.24, 2.45) is 0 Å². The van der Waals surface area contributed by atoms with Gasteiger partial charge in [0.25, 0.3) is 5.91 Å². The lowest BCUT2D eigenvalue weighted by atomic mass is 10.1. The molecule has 1 N–H and O–H groups in total. The van der Waals surface area contributed by atoms with E-state index in [1.54, 1.807) is 13.1 Å². The maximum atomic E-state index is 12.9. The predicted octanol–water partition coefficient (Wildman–Crippen LogP) is 3.66. The number of amides is 1. The van der Waals surface area contributed by atoms with Crippen LogP contribution in [0.5, 0.6) is 5.75 Å². The number of carbonyl (C=O) groups is 1. The number of sulfonamides is 1. The second kappa shape index (κ2) is 8.85. The smallest absolute Gasteiger partial charge is 0.254 e. The lowest BCUT2D eigenvalue weighted by molar-refractivity contribution is 0.0772. The van der Waals surface area contributed by atoms with Crippen LogP contribution in [0.2, 0.25) is 0 Å². The van der Waals surface area contributed by atoms with E-state index in [1.165, 1.54) is 17.0 Å². The summed E-state index contributed by atoms with van der Waals surface area (Å²) in [6.07, 6.45) is 1.70. The van der Waals surface area contributed by atoms with Crippen molar-refractivity contribution in [3.63, 3.8) is 0 Å². The van der Waals surface area contributed by atoms with Crippen LogP contribution >= 0.6 is 15.9 Å². The van der Waals surface area contributed by atoms with Crippen LogP contribution in [0.3, 0.4) is 0 Å². The topological polar surface area (TPSA) is 75.7 Å². The molecule has 0 heterocycles. The van der Waals surface area contributed by atoms with E-state index >= 15 is 0 Å². The molecule has 6 nitrogen and oxygen atoms in total. The molecule has 0 saturated heterocycles. The van der Waals surface area contributed by atoms with Gasteiger partial charge < -0.3 is 9.64 Å². The number of rotatable bonds is 8. The van der Waals surface area contributed by atoms with E-state index in [9.17, 15) is 13.2 Å². The van der Waals surface area contributed by atoms with Gasteiger partial charge in [0, 0.05) is 17.6 Å². The molecule has 8 heteroatoms. The Labute approximate surface area is 180 Å². The number of benzene rings is 2. The van der Waals surface area contributed by atoms with E-state index in [4.69, 9.17) is 4.74 Å². The Kier molecular flexibility index (Phi) is 6.65. The number of ether oxygens (including phenoxy) is 1. The second-order valence-corrected chi connectivity index (χ2v) is 10.0. The molecule has 0 spiro atoms. The summed E-state index contributed by atoms with van der Waals surface area (Å²) < 4.78 is 33.9. The molecule has 1 fully saturated rings. The fourth-order valence-electron chi connectivity index (χ4n) is 2.95. The first-order valence-electron chi connectivity index (χ1n) is 9.44. The summed E-state index contributed by atoms with van der Waals surface area (Å²) >= 11 is 3.36. The lowest BCUT2D eigenvalue weighted by Gasteiger charge is -2.19. The first-order chi connectivity index (χ1) is 13.7. The van der Waals surface area contributed by atoms with Crippen molar-refractivity contribution in [3.05, 3.63) is 57.6 Å². The van der Waals surface area contributed by atoms with Gasteiger partial charge in [0.05, 0.1) is 17.0 Å². The molecule has 2 aromatic rings. The van der Waals surface area contributed by atoms with Crippen molar-refractivity contribution in [3.8, 4) is 5.75 Å². The molecule has 0 atom stereocenters. The standard InChI is InChI=1S/C21H25BrN2O4S/c1-14-10-15(2)12-17(11-14)28-9-8-24(3)21(25)19-13-18(6-7-20(19)22)29(26,27)23-16-4-5-16/h6-7,10-13,16,23H,4-5,8-9H2,1-3H3. The van der Waals surface area contributed by atoms with Crippen molar-refractivity contribution >= 4 is 31.9 Å². The summed E-state index contributed by atoms with van der Waals surface area (Å²) in [7, 11) is -1.95. The molecule has 2 aromatic carbocycles. The van der Waals surface area contributed by atoms with Crippen LogP contribution in [0.25, 0.3) is 0 Å². The molecule has 0 aromatic heterocycles. The lowest BCUT2D eigenvalue weighted by Crippen LogP contribution is -2.31. The van der Waals surface area contributed by atoms with Crippen molar-refractivity contribution in [2.75, 3.05) is 20.2 Å². The van der Waals surface area contributed by atoms with E-state index in [-0.39, 0.29) is 16.8 Å². The number of halogens is 1. The molecule has 1 saturated carbocycles. The number of aryl methyl sites for hydroxylation is 2. The molecule has 156 valence electrons. The third kappa shape index (κ3) is 5.81. The van der Waals surface area contributed by atoms with E-state index in [2.05, 4.69) is 26.7 Å². The van der Waals surface area contributed by atoms with E-state index < -0.39 is 10.0 Å². The monoisotopic (exact) mass is 480 g/mol. The van der Waals surface area contributed by atoms with E-state index in [0.29, 0.717) is 23.2 Å². The fraction of sp³-hybridized carbons (Fsp3) is 0.381. The van der Waals surface area contributed by atoms with Gasteiger partial charge in [-0.2, -0.15) is 0 Å². The Morgan fingerprint density at radius 2 is 1.83 bits per heavy atom. The van der Waals surface area contributed by atoms with Crippen LogP contribution in [0.4, 0.5) is 0 Å². The zero-order chi connectivity index (χ0) is 21.2. The van der Waals surface area contributed by atoms with Crippen LogP contribution < -0.4 is 9.46 Å². The molecule has 0 bridgehead atoms. The van der Waals surface area contributed by atoms with Gasteiger partial charge in [-0.05, 0) is 84.1 Å². The Morgan fingerprint density at radius 1 is 1.17 bits per heavy atom. The Morgan fingerprint density at radius 3 is 2.45 bits per heavy atom. The van der Waals surface area contributed by atoms with Crippen LogP contribution in [0.1, 0.15) is 34.3 Å². The number of nitrogens with one attached hydrogen (secondary N) is 1. The van der Waals surface area contributed by atoms with Gasteiger partial charge in [-0.15, -0.1) is 0 Å². The zero-order valence-corrected chi connectivity index (χ0v) is 19.1. The van der Waals surface area contributed by atoms with Crippen LogP contribution in [0, 0.1) is 13.8 Å².